The summed E-state index contributed by atoms with van der Waals surface area (Å²) in [6.07, 6.45) is 3.30. The Bertz CT molecular complexity index is 2500. The number of nitrogens with one attached hydrogen (secondary N) is 1. The van der Waals surface area contributed by atoms with Crippen LogP contribution in [-0.2, 0) is 0 Å². The molecule has 0 saturated heterocycles. The predicted octanol–water partition coefficient (Wildman–Crippen LogP) is 10.2. The Balaban J connectivity index is 1.41. The van der Waals surface area contributed by atoms with Crippen molar-refractivity contribution < 1.29 is 0 Å². The van der Waals surface area contributed by atoms with E-state index in [1.807, 2.05) is 17.4 Å². The molecular formula is C41H27NS. The summed E-state index contributed by atoms with van der Waals surface area (Å²) >= 11 is 1.83. The van der Waals surface area contributed by atoms with Crippen molar-refractivity contribution in [3.05, 3.63) is 144 Å². The first kappa shape index (κ1) is 25.4. The van der Waals surface area contributed by atoms with Crippen LogP contribution in [0.4, 0.5) is 0 Å². The molecule has 0 atom stereocenters. The van der Waals surface area contributed by atoms with Crippen LogP contribution in [0.2, 0.25) is 0 Å². The molecular weight excluding hydrogens is 539 g/mol. The van der Waals surface area contributed by atoms with Crippen LogP contribution >= 0.6 is 11.3 Å². The SMILES string of the molecule is C=c1c(-c2cccc(-c3ccc4ccccc4c3)c2)c2ccccc2c(-c2cccc3c2sc2ccccc23)/c1=C/C=N. The van der Waals surface area contributed by atoms with Gasteiger partial charge in [-0.3, -0.25) is 0 Å². The van der Waals surface area contributed by atoms with E-state index < -0.39 is 0 Å². The summed E-state index contributed by atoms with van der Waals surface area (Å²) in [6.45, 7) is 4.69. The molecule has 0 saturated carbocycles. The van der Waals surface area contributed by atoms with Gasteiger partial charge in [0.1, 0.15) is 0 Å². The normalized spacial score (nSPS) is 12.0. The molecule has 0 spiro atoms. The Morgan fingerprint density at radius 3 is 2.02 bits per heavy atom. The third-order valence-electron chi connectivity index (χ3n) is 8.52. The van der Waals surface area contributed by atoms with Gasteiger partial charge in [0.25, 0.3) is 0 Å². The van der Waals surface area contributed by atoms with Crippen LogP contribution in [0.1, 0.15) is 0 Å². The van der Waals surface area contributed by atoms with Crippen molar-refractivity contribution in [3.8, 4) is 33.4 Å². The van der Waals surface area contributed by atoms with Crippen molar-refractivity contribution in [2.45, 2.75) is 0 Å². The van der Waals surface area contributed by atoms with Crippen LogP contribution in [0, 0.1) is 5.41 Å². The fraction of sp³-hybridized carbons (Fsp3) is 0. The summed E-state index contributed by atoms with van der Waals surface area (Å²) in [5.41, 5.74) is 6.91. The van der Waals surface area contributed by atoms with Gasteiger partial charge in [-0.2, -0.15) is 0 Å². The molecule has 8 rings (SSSR count). The first-order chi connectivity index (χ1) is 21.2. The molecule has 43 heavy (non-hydrogen) atoms. The quantitative estimate of drug-likeness (QED) is 0.205. The lowest BCUT2D eigenvalue weighted by Crippen LogP contribution is -2.28. The first-order valence-corrected chi connectivity index (χ1v) is 15.3. The highest BCUT2D eigenvalue weighted by Gasteiger charge is 2.17. The van der Waals surface area contributed by atoms with Gasteiger partial charge in [-0.1, -0.05) is 122 Å². The third kappa shape index (κ3) is 4.11. The van der Waals surface area contributed by atoms with Gasteiger partial charge in [-0.15, -0.1) is 11.3 Å². The van der Waals surface area contributed by atoms with E-state index in [-0.39, 0.29) is 0 Å². The summed E-state index contributed by atoms with van der Waals surface area (Å²) in [6, 6.07) is 47.8. The van der Waals surface area contributed by atoms with Crippen molar-refractivity contribution in [2.75, 3.05) is 0 Å². The maximum Gasteiger partial charge on any atom is 0.0434 e. The second-order valence-electron chi connectivity index (χ2n) is 10.9. The number of hydrogen-bond acceptors (Lipinski definition) is 2. The summed E-state index contributed by atoms with van der Waals surface area (Å²) in [5, 5.41) is 17.4. The van der Waals surface area contributed by atoms with Crippen LogP contribution in [0.15, 0.2) is 133 Å². The molecule has 0 aliphatic rings. The van der Waals surface area contributed by atoms with Gasteiger partial charge in [0.05, 0.1) is 0 Å². The lowest BCUT2D eigenvalue weighted by molar-refractivity contribution is 1.53. The van der Waals surface area contributed by atoms with Gasteiger partial charge >= 0.3 is 0 Å². The van der Waals surface area contributed by atoms with Gasteiger partial charge in [0.15, 0.2) is 0 Å². The van der Waals surface area contributed by atoms with E-state index in [0.717, 1.165) is 27.1 Å². The molecule has 0 aliphatic carbocycles. The van der Waals surface area contributed by atoms with E-state index in [2.05, 4.69) is 140 Å². The molecule has 2 heteroatoms. The molecule has 202 valence electrons. The molecule has 1 nitrogen and oxygen atoms in total. The van der Waals surface area contributed by atoms with E-state index in [1.165, 1.54) is 64.6 Å². The van der Waals surface area contributed by atoms with Gasteiger partial charge in [0, 0.05) is 32.0 Å². The van der Waals surface area contributed by atoms with Crippen molar-refractivity contribution >= 4 is 71.9 Å². The molecule has 8 aromatic rings. The maximum atomic E-state index is 8.14. The van der Waals surface area contributed by atoms with Crippen LogP contribution < -0.4 is 10.4 Å². The molecule has 1 heterocycles. The Morgan fingerprint density at radius 2 is 1.19 bits per heavy atom. The minimum Gasteiger partial charge on any atom is -0.309 e. The van der Waals surface area contributed by atoms with E-state index >= 15 is 0 Å². The lowest BCUT2D eigenvalue weighted by atomic mass is 9.87. The fourth-order valence-electron chi connectivity index (χ4n) is 6.57. The molecule has 0 unspecified atom stereocenters. The minimum atomic E-state index is 0.936. The Kier molecular flexibility index (Phi) is 6.03. The van der Waals surface area contributed by atoms with Crippen LogP contribution in [-0.4, -0.2) is 6.21 Å². The number of benzene rings is 7. The van der Waals surface area contributed by atoms with Crippen molar-refractivity contribution in [1.29, 1.82) is 5.41 Å². The lowest BCUT2D eigenvalue weighted by Gasteiger charge is -2.16. The van der Waals surface area contributed by atoms with E-state index in [9.17, 15) is 0 Å². The average molecular weight is 566 g/mol. The van der Waals surface area contributed by atoms with E-state index in [1.54, 1.807) is 0 Å². The molecule has 0 aliphatic heterocycles. The standard InChI is InChI=1S/C41H27NS/c1-26-32(22-23-42)40(37-18-9-17-36-33-14-6-7-19-38(33)43-41(36)37)35-16-5-4-15-34(35)39(26)31-13-8-12-29(25-31)30-21-20-27-10-2-3-11-28(27)24-30/h2-25,42H,1H2/b32-22+,42-23?. The fourth-order valence-corrected chi connectivity index (χ4v) is 7.79. The zero-order chi connectivity index (χ0) is 28.9. The van der Waals surface area contributed by atoms with E-state index in [4.69, 9.17) is 5.41 Å². The summed E-state index contributed by atoms with van der Waals surface area (Å²) < 4.78 is 2.54. The maximum absolute atomic E-state index is 8.14. The van der Waals surface area contributed by atoms with Crippen molar-refractivity contribution in [1.82, 2.24) is 0 Å². The number of hydrogen-bond donors (Lipinski definition) is 1. The second-order valence-corrected chi connectivity index (χ2v) is 12.0. The molecule has 0 fully saturated rings. The predicted molar refractivity (Wildman–Crippen MR) is 189 cm³/mol. The van der Waals surface area contributed by atoms with E-state index in [0.29, 0.717) is 0 Å². The van der Waals surface area contributed by atoms with Crippen LogP contribution in [0.5, 0.6) is 0 Å². The number of fused-ring (bicyclic) bond motifs is 5. The van der Waals surface area contributed by atoms with Gasteiger partial charge in [0.2, 0.25) is 0 Å². The minimum absolute atomic E-state index is 0.936. The van der Waals surface area contributed by atoms with Crippen LogP contribution in [0.25, 0.3) is 87.8 Å². The second kappa shape index (κ2) is 10.2. The molecule has 0 bridgehead atoms. The van der Waals surface area contributed by atoms with Gasteiger partial charge in [-0.25, -0.2) is 0 Å². The van der Waals surface area contributed by atoms with Crippen molar-refractivity contribution in [3.63, 3.8) is 0 Å². The molecule has 1 N–H and O–H groups in total. The zero-order valence-electron chi connectivity index (χ0n) is 23.5. The van der Waals surface area contributed by atoms with Crippen LogP contribution in [0.3, 0.4) is 0 Å². The smallest absolute Gasteiger partial charge is 0.0434 e. The zero-order valence-corrected chi connectivity index (χ0v) is 24.3. The van der Waals surface area contributed by atoms with Gasteiger partial charge < -0.3 is 5.41 Å². The topological polar surface area (TPSA) is 23.9 Å². The molecule has 0 amide bonds. The third-order valence-corrected chi connectivity index (χ3v) is 9.74. The number of rotatable bonds is 4. The summed E-state index contributed by atoms with van der Waals surface area (Å²) in [5.74, 6) is 0. The first-order valence-electron chi connectivity index (χ1n) is 14.5. The van der Waals surface area contributed by atoms with Gasteiger partial charge in [-0.05, 0) is 84.1 Å². The molecule has 1 aromatic heterocycles. The highest BCUT2D eigenvalue weighted by molar-refractivity contribution is 7.26. The molecule has 0 radical (unpaired) electrons. The Labute approximate surface area is 253 Å². The monoisotopic (exact) mass is 565 g/mol. The summed E-state index contributed by atoms with van der Waals surface area (Å²) in [7, 11) is 0. The Hall–Kier alpha value is -5.31. The highest BCUT2D eigenvalue weighted by atomic mass is 32.1. The largest absolute Gasteiger partial charge is 0.309 e. The Morgan fingerprint density at radius 1 is 0.535 bits per heavy atom. The average Bonchev–Trinajstić information content (AvgIpc) is 3.44. The highest BCUT2D eigenvalue weighted by Crippen LogP contribution is 2.41. The summed E-state index contributed by atoms with van der Waals surface area (Å²) in [4.78, 5) is 0. The molecule has 7 aromatic carbocycles. The number of thiophene rings is 1. The van der Waals surface area contributed by atoms with Crippen molar-refractivity contribution in [2.24, 2.45) is 0 Å².